The normalized spacial score (nSPS) is 18.4. The van der Waals surface area contributed by atoms with Gasteiger partial charge in [-0.25, -0.2) is 9.97 Å². The van der Waals surface area contributed by atoms with E-state index in [-0.39, 0.29) is 0 Å². The van der Waals surface area contributed by atoms with Crippen LogP contribution in [0.2, 0.25) is 0 Å². The Morgan fingerprint density at radius 3 is 2.44 bits per heavy atom. The zero-order valence-electron chi connectivity index (χ0n) is 15.9. The zero-order valence-corrected chi connectivity index (χ0v) is 15.9. The maximum absolute atomic E-state index is 4.80. The highest BCUT2D eigenvalue weighted by Crippen LogP contribution is 2.39. The van der Waals surface area contributed by atoms with Gasteiger partial charge in [0.15, 0.2) is 0 Å². The third-order valence-corrected chi connectivity index (χ3v) is 5.65. The Morgan fingerprint density at radius 1 is 0.889 bits per heavy atom. The van der Waals surface area contributed by atoms with Gasteiger partial charge in [-0.15, -0.1) is 0 Å². The van der Waals surface area contributed by atoms with E-state index < -0.39 is 0 Å². The Balaban J connectivity index is 1.59. The molecule has 1 unspecified atom stereocenters. The average Bonchev–Trinajstić information content (AvgIpc) is 3.02. The topological polar surface area (TPSA) is 32.3 Å². The first-order valence-corrected chi connectivity index (χ1v) is 9.79. The summed E-state index contributed by atoms with van der Waals surface area (Å²) in [6.07, 6.45) is 3.35. The van der Waals surface area contributed by atoms with Crippen molar-refractivity contribution >= 4 is 23.0 Å². The highest BCUT2D eigenvalue weighted by atomic mass is 15.3. The third kappa shape index (κ3) is 2.76. The second-order valence-corrected chi connectivity index (χ2v) is 7.57. The Morgan fingerprint density at radius 2 is 1.59 bits per heavy atom. The average molecular weight is 356 g/mol. The molecule has 2 aliphatic rings. The van der Waals surface area contributed by atoms with Gasteiger partial charge in [0.1, 0.15) is 17.5 Å². The van der Waals surface area contributed by atoms with Crippen molar-refractivity contribution in [2.75, 3.05) is 16.3 Å². The molecule has 3 aromatic rings. The molecule has 0 N–H and O–H groups in total. The summed E-state index contributed by atoms with van der Waals surface area (Å²) in [7, 11) is 0. The molecule has 5 rings (SSSR count). The lowest BCUT2D eigenvalue weighted by Crippen LogP contribution is -2.28. The predicted octanol–water partition coefficient (Wildman–Crippen LogP) is 4.95. The van der Waals surface area contributed by atoms with Gasteiger partial charge in [0.05, 0.1) is 0 Å². The van der Waals surface area contributed by atoms with Crippen LogP contribution in [0.25, 0.3) is 0 Å². The Labute approximate surface area is 160 Å². The second-order valence-electron chi connectivity index (χ2n) is 7.57. The van der Waals surface area contributed by atoms with Gasteiger partial charge in [-0.1, -0.05) is 36.4 Å². The minimum atomic E-state index is 0.401. The molecular weight excluding hydrogens is 332 g/mol. The first-order valence-electron chi connectivity index (χ1n) is 9.79. The number of nitrogens with zero attached hydrogens (tertiary/aromatic N) is 4. The fourth-order valence-electron chi connectivity index (χ4n) is 4.48. The molecule has 1 atom stereocenters. The summed E-state index contributed by atoms with van der Waals surface area (Å²) in [5, 5.41) is 0. The first kappa shape index (κ1) is 16.3. The molecule has 4 nitrogen and oxygen atoms in total. The predicted molar refractivity (Wildman–Crippen MR) is 110 cm³/mol. The van der Waals surface area contributed by atoms with E-state index in [1.165, 1.54) is 22.5 Å². The van der Waals surface area contributed by atoms with Crippen molar-refractivity contribution in [1.82, 2.24) is 9.97 Å². The molecule has 0 spiro atoms. The smallest absolute Gasteiger partial charge is 0.139 e. The van der Waals surface area contributed by atoms with Crippen LogP contribution in [-0.2, 0) is 12.8 Å². The summed E-state index contributed by atoms with van der Waals surface area (Å²) >= 11 is 0. The number of hydrogen-bond donors (Lipinski definition) is 0. The Kier molecular flexibility index (Phi) is 3.85. The number of para-hydroxylation sites is 2. The molecule has 1 aromatic heterocycles. The number of rotatable bonds is 2. The van der Waals surface area contributed by atoms with E-state index in [1.807, 2.05) is 6.92 Å². The molecule has 136 valence electrons. The van der Waals surface area contributed by atoms with Gasteiger partial charge in [0.25, 0.3) is 0 Å². The van der Waals surface area contributed by atoms with E-state index in [4.69, 9.17) is 9.97 Å². The number of anilines is 4. The number of aromatic nitrogens is 2. The van der Waals surface area contributed by atoms with Crippen LogP contribution in [0, 0.1) is 6.92 Å². The number of fused-ring (bicyclic) bond motifs is 2. The number of benzene rings is 2. The highest BCUT2D eigenvalue weighted by molar-refractivity contribution is 5.73. The molecule has 0 bridgehead atoms. The van der Waals surface area contributed by atoms with Crippen LogP contribution < -0.4 is 9.80 Å². The third-order valence-electron chi connectivity index (χ3n) is 5.65. The van der Waals surface area contributed by atoms with E-state index in [9.17, 15) is 0 Å². The molecular formula is C23H24N4. The fraction of sp³-hybridized carbons (Fsp3) is 0.304. The van der Waals surface area contributed by atoms with Crippen LogP contribution in [-0.4, -0.2) is 22.6 Å². The molecule has 27 heavy (non-hydrogen) atoms. The van der Waals surface area contributed by atoms with Crippen LogP contribution in [0.15, 0.2) is 54.6 Å². The van der Waals surface area contributed by atoms with Crippen molar-refractivity contribution in [3.8, 4) is 0 Å². The lowest BCUT2D eigenvalue weighted by atomic mass is 10.0. The van der Waals surface area contributed by atoms with Crippen molar-refractivity contribution in [3.63, 3.8) is 0 Å². The van der Waals surface area contributed by atoms with Crippen LogP contribution in [0.4, 0.5) is 23.0 Å². The molecule has 2 aromatic carbocycles. The molecule has 0 aliphatic carbocycles. The van der Waals surface area contributed by atoms with E-state index >= 15 is 0 Å². The summed E-state index contributed by atoms with van der Waals surface area (Å²) in [6, 6.07) is 19.9. The monoisotopic (exact) mass is 356 g/mol. The lowest BCUT2D eigenvalue weighted by molar-refractivity contribution is 0.739. The molecule has 2 aliphatic heterocycles. The molecule has 0 saturated carbocycles. The van der Waals surface area contributed by atoms with Crippen molar-refractivity contribution in [3.05, 3.63) is 71.5 Å². The second kappa shape index (κ2) is 6.38. The van der Waals surface area contributed by atoms with Crippen molar-refractivity contribution in [2.45, 2.75) is 39.2 Å². The van der Waals surface area contributed by atoms with Crippen molar-refractivity contribution in [2.24, 2.45) is 0 Å². The summed E-state index contributed by atoms with van der Waals surface area (Å²) < 4.78 is 0. The maximum Gasteiger partial charge on any atom is 0.139 e. The van der Waals surface area contributed by atoms with Gasteiger partial charge in [-0.3, -0.25) is 0 Å². The van der Waals surface area contributed by atoms with Gasteiger partial charge in [0, 0.05) is 30.0 Å². The number of aryl methyl sites for hydroxylation is 2. The van der Waals surface area contributed by atoms with E-state index in [1.54, 1.807) is 0 Å². The van der Waals surface area contributed by atoms with Crippen molar-refractivity contribution in [1.29, 1.82) is 0 Å². The molecule has 0 saturated heterocycles. The number of hydrogen-bond acceptors (Lipinski definition) is 4. The largest absolute Gasteiger partial charge is 0.326 e. The molecule has 0 amide bonds. The minimum absolute atomic E-state index is 0.401. The van der Waals surface area contributed by atoms with Gasteiger partial charge in [0.2, 0.25) is 0 Å². The first-order chi connectivity index (χ1) is 13.2. The van der Waals surface area contributed by atoms with Crippen LogP contribution in [0.3, 0.4) is 0 Å². The van der Waals surface area contributed by atoms with Crippen molar-refractivity contribution < 1.29 is 0 Å². The molecule has 3 heterocycles. The molecule has 0 fully saturated rings. The van der Waals surface area contributed by atoms with Gasteiger partial charge < -0.3 is 9.80 Å². The highest BCUT2D eigenvalue weighted by Gasteiger charge is 2.29. The van der Waals surface area contributed by atoms with Crippen LogP contribution >= 0.6 is 0 Å². The lowest BCUT2D eigenvalue weighted by Gasteiger charge is -2.32. The summed E-state index contributed by atoms with van der Waals surface area (Å²) in [4.78, 5) is 14.3. The van der Waals surface area contributed by atoms with E-state index in [0.29, 0.717) is 6.04 Å². The molecule has 4 heteroatoms. The van der Waals surface area contributed by atoms with Gasteiger partial charge in [-0.2, -0.15) is 0 Å². The van der Waals surface area contributed by atoms with Crippen LogP contribution in [0.5, 0.6) is 0 Å². The zero-order chi connectivity index (χ0) is 18.4. The van der Waals surface area contributed by atoms with Crippen LogP contribution in [0.1, 0.15) is 30.3 Å². The summed E-state index contributed by atoms with van der Waals surface area (Å²) in [5.74, 6) is 2.82. The quantitative estimate of drug-likeness (QED) is 0.650. The van der Waals surface area contributed by atoms with Gasteiger partial charge >= 0.3 is 0 Å². The Bertz CT molecular complexity index is 997. The maximum atomic E-state index is 4.80. The Hall–Kier alpha value is -2.88. The van der Waals surface area contributed by atoms with E-state index in [0.717, 1.165) is 43.3 Å². The summed E-state index contributed by atoms with van der Waals surface area (Å²) in [6.45, 7) is 5.27. The summed E-state index contributed by atoms with van der Waals surface area (Å²) in [5.41, 5.74) is 5.35. The van der Waals surface area contributed by atoms with Gasteiger partial charge in [-0.05, 0) is 56.4 Å². The molecule has 0 radical (unpaired) electrons. The van der Waals surface area contributed by atoms with E-state index in [2.05, 4.69) is 71.3 Å². The fourth-order valence-corrected chi connectivity index (χ4v) is 4.48. The minimum Gasteiger partial charge on any atom is -0.326 e. The SMILES string of the molecule is Cc1nc(N2CCCc3ccccc32)cc(N2c3ccccc3CC2C)n1. The standard InChI is InChI=1S/C23H24N4/c1-16-14-19-9-4-6-12-21(19)27(16)23-15-22(24-17(2)25-23)26-13-7-10-18-8-3-5-11-20(18)26/h3-6,8-9,11-12,15-16H,7,10,13-14H2,1-2H3.